The van der Waals surface area contributed by atoms with E-state index in [0.29, 0.717) is 0 Å². The summed E-state index contributed by atoms with van der Waals surface area (Å²) in [5.74, 6) is 0. The highest BCUT2D eigenvalue weighted by Gasteiger charge is 2.29. The van der Waals surface area contributed by atoms with Crippen LogP contribution in [0.15, 0.2) is 0 Å². The predicted octanol–water partition coefficient (Wildman–Crippen LogP) is 6.46. The maximum Gasteiger partial charge on any atom is 0.0479 e. The summed E-state index contributed by atoms with van der Waals surface area (Å²) < 4.78 is 0. The molecule has 3 rings (SSSR count). The summed E-state index contributed by atoms with van der Waals surface area (Å²) in [6.07, 6.45) is 1.07. The standard InChI is InChI=1S/C22H29N.CH4/c1-11-13(3)17(7)21-19(15(11)5)10-20-16(6)12(2)14(4)18(8)22(20)23(21)9;/h10H2,1-9H3;1H4. The molecular formula is C23H33N. The fourth-order valence-electron chi connectivity index (χ4n) is 4.37. The van der Waals surface area contributed by atoms with Crippen LogP contribution in [-0.4, -0.2) is 7.05 Å². The Morgan fingerprint density at radius 1 is 0.500 bits per heavy atom. The lowest BCUT2D eigenvalue weighted by Gasteiger charge is -2.37. The summed E-state index contributed by atoms with van der Waals surface area (Å²) in [5.41, 5.74) is 17.5. The van der Waals surface area contributed by atoms with Crippen molar-refractivity contribution < 1.29 is 0 Å². The molecule has 0 spiro atoms. The Morgan fingerprint density at radius 3 is 1.12 bits per heavy atom. The molecule has 0 unspecified atom stereocenters. The van der Waals surface area contributed by atoms with Gasteiger partial charge in [0.15, 0.2) is 0 Å². The average Bonchev–Trinajstić information content (AvgIpc) is 2.53. The largest absolute Gasteiger partial charge is 0.344 e. The zero-order chi connectivity index (χ0) is 17.2. The minimum atomic E-state index is 0. The van der Waals surface area contributed by atoms with Crippen LogP contribution in [0.25, 0.3) is 0 Å². The fraction of sp³-hybridized carbons (Fsp3) is 0.478. The van der Waals surface area contributed by atoms with E-state index in [1.165, 1.54) is 67.0 Å². The van der Waals surface area contributed by atoms with E-state index < -0.39 is 0 Å². The van der Waals surface area contributed by atoms with Crippen LogP contribution < -0.4 is 4.90 Å². The number of benzene rings is 2. The second-order valence-corrected chi connectivity index (χ2v) is 7.39. The molecule has 0 radical (unpaired) electrons. The molecule has 0 bridgehead atoms. The Balaban J connectivity index is 0.00000208. The molecule has 0 aliphatic carbocycles. The zero-order valence-electron chi connectivity index (χ0n) is 16.2. The molecule has 130 valence electrons. The zero-order valence-corrected chi connectivity index (χ0v) is 16.2. The maximum atomic E-state index is 2.46. The van der Waals surface area contributed by atoms with Gasteiger partial charge in [0, 0.05) is 24.8 Å². The minimum Gasteiger partial charge on any atom is -0.344 e. The first-order valence-corrected chi connectivity index (χ1v) is 8.60. The van der Waals surface area contributed by atoms with Crippen LogP contribution in [0.3, 0.4) is 0 Å². The van der Waals surface area contributed by atoms with Crippen LogP contribution in [0.4, 0.5) is 11.4 Å². The van der Waals surface area contributed by atoms with E-state index in [2.05, 4.69) is 67.3 Å². The molecule has 0 fully saturated rings. The maximum absolute atomic E-state index is 2.46. The summed E-state index contributed by atoms with van der Waals surface area (Å²) in [6.45, 7) is 18.2. The number of fused-ring (bicyclic) bond motifs is 2. The van der Waals surface area contributed by atoms with Gasteiger partial charge in [0.1, 0.15) is 0 Å². The molecule has 2 aromatic rings. The molecule has 1 aliphatic rings. The molecule has 0 atom stereocenters. The highest BCUT2D eigenvalue weighted by Crippen LogP contribution is 2.47. The molecule has 1 aliphatic heterocycles. The third kappa shape index (κ3) is 2.21. The number of anilines is 2. The molecule has 0 amide bonds. The van der Waals surface area contributed by atoms with Crippen molar-refractivity contribution in [3.05, 3.63) is 55.6 Å². The van der Waals surface area contributed by atoms with Gasteiger partial charge in [0.25, 0.3) is 0 Å². The second-order valence-electron chi connectivity index (χ2n) is 7.39. The summed E-state index contributed by atoms with van der Waals surface area (Å²) in [5, 5.41) is 0. The van der Waals surface area contributed by atoms with Crippen molar-refractivity contribution in [1.82, 2.24) is 0 Å². The van der Waals surface area contributed by atoms with Gasteiger partial charge < -0.3 is 4.90 Å². The van der Waals surface area contributed by atoms with Crippen molar-refractivity contribution in [2.24, 2.45) is 0 Å². The van der Waals surface area contributed by atoms with Crippen LogP contribution in [0.1, 0.15) is 63.1 Å². The summed E-state index contributed by atoms with van der Waals surface area (Å²) in [4.78, 5) is 2.46. The van der Waals surface area contributed by atoms with E-state index in [1.54, 1.807) is 0 Å². The van der Waals surface area contributed by atoms with Gasteiger partial charge >= 0.3 is 0 Å². The van der Waals surface area contributed by atoms with E-state index in [1.807, 2.05) is 0 Å². The molecule has 0 aromatic heterocycles. The van der Waals surface area contributed by atoms with Crippen molar-refractivity contribution >= 4 is 11.4 Å². The molecule has 0 saturated carbocycles. The third-order valence-corrected chi connectivity index (χ3v) is 6.59. The van der Waals surface area contributed by atoms with E-state index in [0.717, 1.165) is 6.42 Å². The topological polar surface area (TPSA) is 3.24 Å². The molecular weight excluding hydrogens is 290 g/mol. The Kier molecular flexibility index (Phi) is 4.61. The van der Waals surface area contributed by atoms with Crippen molar-refractivity contribution in [1.29, 1.82) is 0 Å². The normalized spacial score (nSPS) is 12.6. The van der Waals surface area contributed by atoms with Gasteiger partial charge in [-0.2, -0.15) is 0 Å². The van der Waals surface area contributed by atoms with Crippen molar-refractivity contribution in [2.75, 3.05) is 11.9 Å². The monoisotopic (exact) mass is 323 g/mol. The molecule has 1 nitrogen and oxygen atoms in total. The molecule has 0 N–H and O–H groups in total. The van der Waals surface area contributed by atoms with Gasteiger partial charge in [-0.25, -0.2) is 0 Å². The van der Waals surface area contributed by atoms with Crippen LogP contribution in [0.2, 0.25) is 0 Å². The minimum absolute atomic E-state index is 0. The lowest BCUT2D eigenvalue weighted by Crippen LogP contribution is -2.24. The first-order chi connectivity index (χ1) is 10.7. The lowest BCUT2D eigenvalue weighted by atomic mass is 9.81. The third-order valence-electron chi connectivity index (χ3n) is 6.59. The number of hydrogen-bond acceptors (Lipinski definition) is 1. The number of nitrogens with zero attached hydrogens (tertiary/aromatic N) is 1. The van der Waals surface area contributed by atoms with Gasteiger partial charge in [-0.05, 0) is 111 Å². The van der Waals surface area contributed by atoms with Gasteiger partial charge in [0.05, 0.1) is 0 Å². The molecule has 24 heavy (non-hydrogen) atoms. The lowest BCUT2D eigenvalue weighted by molar-refractivity contribution is 0.975. The molecule has 0 saturated heterocycles. The average molecular weight is 324 g/mol. The Bertz CT molecular complexity index is 771. The fourth-order valence-corrected chi connectivity index (χ4v) is 4.37. The van der Waals surface area contributed by atoms with Gasteiger partial charge in [0.2, 0.25) is 0 Å². The van der Waals surface area contributed by atoms with E-state index >= 15 is 0 Å². The Labute approximate surface area is 148 Å². The Morgan fingerprint density at radius 2 is 0.792 bits per heavy atom. The SMILES string of the molecule is C.Cc1c(C)c(C)c2c(c1C)Cc1c(C)c(C)c(C)c(C)c1N2C. The number of hydrogen-bond donors (Lipinski definition) is 0. The number of rotatable bonds is 0. The Hall–Kier alpha value is -1.76. The predicted molar refractivity (Wildman–Crippen MR) is 108 cm³/mol. The smallest absolute Gasteiger partial charge is 0.0479 e. The van der Waals surface area contributed by atoms with Crippen molar-refractivity contribution in [2.45, 2.75) is 69.2 Å². The van der Waals surface area contributed by atoms with Gasteiger partial charge in [-0.15, -0.1) is 0 Å². The van der Waals surface area contributed by atoms with Crippen LogP contribution in [0, 0.1) is 55.4 Å². The van der Waals surface area contributed by atoms with E-state index in [4.69, 9.17) is 0 Å². The quantitative estimate of drug-likeness (QED) is 0.537. The summed E-state index contributed by atoms with van der Waals surface area (Å²) in [6, 6.07) is 0. The van der Waals surface area contributed by atoms with E-state index in [-0.39, 0.29) is 7.43 Å². The van der Waals surface area contributed by atoms with Crippen LogP contribution in [0.5, 0.6) is 0 Å². The summed E-state index contributed by atoms with van der Waals surface area (Å²) in [7, 11) is 2.25. The first-order valence-electron chi connectivity index (χ1n) is 8.60. The van der Waals surface area contributed by atoms with Crippen LogP contribution in [-0.2, 0) is 6.42 Å². The first kappa shape index (κ1) is 18.6. The van der Waals surface area contributed by atoms with Gasteiger partial charge in [-0.1, -0.05) is 7.43 Å². The summed E-state index contributed by atoms with van der Waals surface area (Å²) >= 11 is 0. The van der Waals surface area contributed by atoms with Crippen LogP contribution >= 0.6 is 0 Å². The van der Waals surface area contributed by atoms with Crippen molar-refractivity contribution in [3.63, 3.8) is 0 Å². The molecule has 1 heteroatoms. The van der Waals surface area contributed by atoms with E-state index in [9.17, 15) is 0 Å². The molecule has 2 aromatic carbocycles. The molecule has 1 heterocycles. The van der Waals surface area contributed by atoms with Gasteiger partial charge in [-0.3, -0.25) is 0 Å². The second kappa shape index (κ2) is 5.95. The van der Waals surface area contributed by atoms with Crippen molar-refractivity contribution in [3.8, 4) is 0 Å². The highest BCUT2D eigenvalue weighted by molar-refractivity contribution is 5.82. The highest BCUT2D eigenvalue weighted by atomic mass is 15.1.